The van der Waals surface area contributed by atoms with Crippen molar-refractivity contribution in [2.75, 3.05) is 16.4 Å². The maximum Gasteiger partial charge on any atom is 0.256 e. The quantitative estimate of drug-likeness (QED) is 0.177. The number of nitrogen functional groups attached to an aromatic ring is 1. The Morgan fingerprint density at radius 2 is 1.85 bits per heavy atom. The number of nitrogens with zero attached hydrogens (tertiary/aromatic N) is 2. The van der Waals surface area contributed by atoms with Gasteiger partial charge in [-0.3, -0.25) is 4.79 Å². The molecule has 0 aliphatic heterocycles. The van der Waals surface area contributed by atoms with Crippen molar-refractivity contribution in [2.24, 2.45) is 0 Å². The lowest BCUT2D eigenvalue weighted by molar-refractivity contribution is -0.112. The summed E-state index contributed by atoms with van der Waals surface area (Å²) in [5.74, 6) is 0.285. The first-order valence-electron chi connectivity index (χ1n) is 10.8. The van der Waals surface area contributed by atoms with Crippen LogP contribution in [0.1, 0.15) is 39.2 Å². The third-order valence-electron chi connectivity index (χ3n) is 4.70. The van der Waals surface area contributed by atoms with Crippen LogP contribution in [-0.2, 0) is 4.79 Å². The number of unbranched alkanes of at least 4 members (excludes halogenated alkanes) is 1. The average molecular weight is 446 g/mol. The summed E-state index contributed by atoms with van der Waals surface area (Å²) in [6.07, 6.45) is 8.24. The summed E-state index contributed by atoms with van der Waals surface area (Å²) in [5.41, 5.74) is 9.41. The maximum atomic E-state index is 12.1. The molecule has 0 unspecified atom stereocenters. The van der Waals surface area contributed by atoms with Crippen molar-refractivity contribution in [3.05, 3.63) is 71.9 Å². The Labute approximate surface area is 194 Å². The van der Waals surface area contributed by atoms with Crippen molar-refractivity contribution < 1.29 is 4.79 Å². The molecule has 8 nitrogen and oxygen atoms in total. The lowest BCUT2D eigenvalue weighted by atomic mass is 10.2. The highest BCUT2D eigenvalue weighted by atomic mass is 16.1. The molecule has 0 fully saturated rings. The number of allylic oxidation sites excluding steroid dienone is 1. The van der Waals surface area contributed by atoms with Gasteiger partial charge in [0.15, 0.2) is 5.82 Å². The Hall–Kier alpha value is -4.20. The van der Waals surface area contributed by atoms with Crippen LogP contribution >= 0.6 is 0 Å². The largest absolute Gasteiger partial charge is 0.398 e. The Kier molecular flexibility index (Phi) is 9.57. The second kappa shape index (κ2) is 12.6. The SMILES string of the molecule is C/C=C(\C=N)C(=O)Nc1cccc(-n2ccc(Nc3ccc(N)c(C=N)c3)n2)c1.CCCC. The molecule has 0 spiro atoms. The molecule has 1 heterocycles. The first-order chi connectivity index (χ1) is 15.9. The zero-order valence-electron chi connectivity index (χ0n) is 19.2. The van der Waals surface area contributed by atoms with Gasteiger partial charge in [0.05, 0.1) is 11.3 Å². The van der Waals surface area contributed by atoms with Crippen LogP contribution in [-0.4, -0.2) is 28.1 Å². The van der Waals surface area contributed by atoms with Gasteiger partial charge in [0.1, 0.15) is 0 Å². The minimum atomic E-state index is -0.340. The van der Waals surface area contributed by atoms with Gasteiger partial charge in [-0.2, -0.15) is 5.10 Å². The summed E-state index contributed by atoms with van der Waals surface area (Å²) in [5, 5.41) is 25.1. The minimum Gasteiger partial charge on any atom is -0.398 e. The van der Waals surface area contributed by atoms with Crippen molar-refractivity contribution >= 4 is 41.2 Å². The molecule has 0 atom stereocenters. The summed E-state index contributed by atoms with van der Waals surface area (Å²) in [6.45, 7) is 6.07. The number of amides is 1. The summed E-state index contributed by atoms with van der Waals surface area (Å²) in [6, 6.07) is 14.4. The van der Waals surface area contributed by atoms with Crippen molar-refractivity contribution in [1.82, 2.24) is 9.78 Å². The molecule has 3 aromatic rings. The number of nitrogens with two attached hydrogens (primary N) is 1. The van der Waals surface area contributed by atoms with Crippen LogP contribution < -0.4 is 16.4 Å². The third-order valence-corrected chi connectivity index (χ3v) is 4.70. The van der Waals surface area contributed by atoms with Gasteiger partial charge >= 0.3 is 0 Å². The highest BCUT2D eigenvalue weighted by molar-refractivity contribution is 6.17. The van der Waals surface area contributed by atoms with Crippen LogP contribution in [0.15, 0.2) is 66.4 Å². The number of aromatic nitrogens is 2. The molecule has 0 saturated carbocycles. The van der Waals surface area contributed by atoms with E-state index in [1.165, 1.54) is 19.1 Å². The highest BCUT2D eigenvalue weighted by Gasteiger charge is 2.08. The second-order valence-corrected chi connectivity index (χ2v) is 7.15. The van der Waals surface area contributed by atoms with Crippen molar-refractivity contribution in [3.8, 4) is 5.69 Å². The molecule has 1 aromatic heterocycles. The van der Waals surface area contributed by atoms with Crippen molar-refractivity contribution in [1.29, 1.82) is 10.8 Å². The molecule has 33 heavy (non-hydrogen) atoms. The molecular weight excluding hydrogens is 414 g/mol. The highest BCUT2D eigenvalue weighted by Crippen LogP contribution is 2.21. The van der Waals surface area contributed by atoms with Gasteiger partial charge in [0.2, 0.25) is 0 Å². The molecule has 0 bridgehead atoms. The number of carbonyl (C=O) groups is 1. The van der Waals surface area contributed by atoms with E-state index in [0.717, 1.165) is 17.6 Å². The summed E-state index contributed by atoms with van der Waals surface area (Å²) >= 11 is 0. The first kappa shape index (κ1) is 25.1. The van der Waals surface area contributed by atoms with Crippen LogP contribution in [0.5, 0.6) is 0 Å². The van der Waals surface area contributed by atoms with Crippen LogP contribution in [0.4, 0.5) is 22.9 Å². The van der Waals surface area contributed by atoms with Gasteiger partial charge in [-0.1, -0.05) is 38.8 Å². The normalized spacial score (nSPS) is 10.6. The summed E-state index contributed by atoms with van der Waals surface area (Å²) in [7, 11) is 0. The fraction of sp³-hybridized carbons (Fsp3) is 0.200. The van der Waals surface area contributed by atoms with E-state index in [1.54, 1.807) is 48.1 Å². The molecule has 0 saturated heterocycles. The maximum absolute atomic E-state index is 12.1. The van der Waals surface area contributed by atoms with E-state index in [0.29, 0.717) is 22.8 Å². The van der Waals surface area contributed by atoms with Crippen LogP contribution in [0.25, 0.3) is 5.69 Å². The third kappa shape index (κ3) is 7.17. The molecule has 0 aliphatic rings. The predicted molar refractivity (Wildman–Crippen MR) is 137 cm³/mol. The van der Waals surface area contributed by atoms with Crippen LogP contribution in [0.2, 0.25) is 0 Å². The monoisotopic (exact) mass is 445 g/mol. The molecular formula is C25H31N7O. The van der Waals surface area contributed by atoms with Crippen molar-refractivity contribution in [3.63, 3.8) is 0 Å². The zero-order chi connectivity index (χ0) is 24.2. The number of benzene rings is 2. The molecule has 8 heteroatoms. The smallest absolute Gasteiger partial charge is 0.256 e. The summed E-state index contributed by atoms with van der Waals surface area (Å²) < 4.78 is 1.68. The molecule has 1 amide bonds. The van der Waals surface area contributed by atoms with E-state index in [1.807, 2.05) is 24.3 Å². The number of carbonyl (C=O) groups excluding carboxylic acids is 1. The van der Waals surface area contributed by atoms with E-state index in [4.69, 9.17) is 16.6 Å². The Morgan fingerprint density at radius 3 is 2.48 bits per heavy atom. The van der Waals surface area contributed by atoms with Gasteiger partial charge in [0.25, 0.3) is 5.91 Å². The molecule has 3 rings (SSSR count). The van der Waals surface area contributed by atoms with Gasteiger partial charge in [-0.15, -0.1) is 0 Å². The van der Waals surface area contributed by atoms with Gasteiger partial charge in [-0.05, 0) is 43.3 Å². The van der Waals surface area contributed by atoms with Gasteiger partial charge in [-0.25, -0.2) is 4.68 Å². The topological polar surface area (TPSA) is 133 Å². The standard InChI is InChI=1S/C21H21N7O.C4H10/c1-2-14(12-22)21(29)26-16-4-3-5-18(11-16)28-9-8-20(27-28)25-17-6-7-19(24)15(10-17)13-23;1-3-4-2/h2-13,22-23H,24H2,1H3,(H,25,27)(H,26,29);3-4H2,1-2H3/b14-2+,22-12?,23-13?;. The lowest BCUT2D eigenvalue weighted by Crippen LogP contribution is -2.15. The Balaban J connectivity index is 0.000000890. The van der Waals surface area contributed by atoms with Gasteiger partial charge in [0, 0.05) is 47.3 Å². The molecule has 0 radical (unpaired) electrons. The van der Waals surface area contributed by atoms with E-state index in [9.17, 15) is 4.79 Å². The van der Waals surface area contributed by atoms with Crippen LogP contribution in [0.3, 0.4) is 0 Å². The first-order valence-corrected chi connectivity index (χ1v) is 10.8. The van der Waals surface area contributed by atoms with E-state index in [-0.39, 0.29) is 11.5 Å². The molecule has 6 N–H and O–H groups in total. The summed E-state index contributed by atoms with van der Waals surface area (Å²) in [4.78, 5) is 12.1. The number of hydrogen-bond donors (Lipinski definition) is 5. The molecule has 2 aromatic carbocycles. The lowest BCUT2D eigenvalue weighted by Gasteiger charge is -2.08. The number of hydrogen-bond acceptors (Lipinski definition) is 6. The van der Waals surface area contributed by atoms with E-state index >= 15 is 0 Å². The number of rotatable bonds is 8. The average Bonchev–Trinajstić information content (AvgIpc) is 3.30. The minimum absolute atomic E-state index is 0.286. The Morgan fingerprint density at radius 1 is 1.09 bits per heavy atom. The van der Waals surface area contributed by atoms with Crippen molar-refractivity contribution in [2.45, 2.75) is 33.6 Å². The molecule has 0 aliphatic carbocycles. The number of nitrogens with one attached hydrogen (secondary N) is 4. The Bertz CT molecular complexity index is 1130. The second-order valence-electron chi connectivity index (χ2n) is 7.15. The van der Waals surface area contributed by atoms with E-state index in [2.05, 4.69) is 29.6 Å². The predicted octanol–water partition coefficient (Wildman–Crippen LogP) is 5.54. The van der Waals surface area contributed by atoms with Crippen LogP contribution in [0, 0.1) is 10.8 Å². The van der Waals surface area contributed by atoms with Gasteiger partial charge < -0.3 is 27.2 Å². The fourth-order valence-corrected chi connectivity index (χ4v) is 2.67. The fourth-order valence-electron chi connectivity index (χ4n) is 2.67. The van der Waals surface area contributed by atoms with E-state index < -0.39 is 0 Å². The molecule has 172 valence electrons. The number of anilines is 4. The zero-order valence-corrected chi connectivity index (χ0v) is 19.2.